The van der Waals surface area contributed by atoms with Crippen molar-refractivity contribution in [2.75, 3.05) is 0 Å². The first-order chi connectivity index (χ1) is 6.31. The van der Waals surface area contributed by atoms with E-state index in [1.54, 1.807) is 0 Å². The first kappa shape index (κ1) is 8.49. The summed E-state index contributed by atoms with van der Waals surface area (Å²) in [5.74, 6) is 0.0471. The Morgan fingerprint density at radius 2 is 2.08 bits per heavy atom. The van der Waals surface area contributed by atoms with Crippen LogP contribution in [0.2, 0.25) is 0 Å². The van der Waals surface area contributed by atoms with Gasteiger partial charge in [-0.25, -0.2) is 0 Å². The van der Waals surface area contributed by atoms with Crippen LogP contribution < -0.4 is 0 Å². The number of aldehydes is 1. The molecule has 2 rings (SSSR count). The van der Waals surface area contributed by atoms with Gasteiger partial charge >= 0.3 is 0 Å². The van der Waals surface area contributed by atoms with Crippen LogP contribution in [0.15, 0.2) is 18.2 Å². The Labute approximate surface area is 78.8 Å². The van der Waals surface area contributed by atoms with Gasteiger partial charge in [0.05, 0.1) is 0 Å². The quantitative estimate of drug-likeness (QED) is 0.629. The van der Waals surface area contributed by atoms with Gasteiger partial charge in [0.25, 0.3) is 0 Å². The summed E-state index contributed by atoms with van der Waals surface area (Å²) in [6, 6.07) is 6.46. The average molecular weight is 174 g/mol. The summed E-state index contributed by atoms with van der Waals surface area (Å²) in [5, 5.41) is 0. The second-order valence-corrected chi connectivity index (χ2v) is 3.81. The molecule has 0 saturated heterocycles. The number of carbonyl (C=O) groups is 1. The summed E-state index contributed by atoms with van der Waals surface area (Å²) in [5.41, 5.74) is 4.09. The third-order valence-electron chi connectivity index (χ3n) is 2.85. The van der Waals surface area contributed by atoms with Crippen molar-refractivity contribution in [1.29, 1.82) is 0 Å². The number of carbonyl (C=O) groups excluding carboxylic acids is 1. The minimum atomic E-state index is 0.0471. The van der Waals surface area contributed by atoms with E-state index in [-0.39, 0.29) is 5.92 Å². The third kappa shape index (κ3) is 1.51. The predicted octanol–water partition coefficient (Wildman–Crippen LogP) is 2.48. The number of benzene rings is 1. The SMILES string of the molecule is CC(C=O)c1ccc2c(c1)CCC2. The van der Waals surface area contributed by atoms with Crippen LogP contribution in [-0.2, 0) is 17.6 Å². The fourth-order valence-electron chi connectivity index (χ4n) is 1.95. The molecule has 1 aliphatic rings. The van der Waals surface area contributed by atoms with Crippen molar-refractivity contribution in [2.24, 2.45) is 0 Å². The summed E-state index contributed by atoms with van der Waals surface area (Å²) in [6.07, 6.45) is 4.69. The van der Waals surface area contributed by atoms with Gasteiger partial charge in [-0.15, -0.1) is 0 Å². The van der Waals surface area contributed by atoms with Gasteiger partial charge in [-0.1, -0.05) is 25.1 Å². The fourth-order valence-corrected chi connectivity index (χ4v) is 1.95. The standard InChI is InChI=1S/C12H14O/c1-9(8-13)11-6-5-10-3-2-4-12(10)7-11/h5-9H,2-4H2,1H3. The molecule has 0 fully saturated rings. The smallest absolute Gasteiger partial charge is 0.127 e. The van der Waals surface area contributed by atoms with E-state index in [2.05, 4.69) is 18.2 Å². The normalized spacial score (nSPS) is 16.7. The molecule has 13 heavy (non-hydrogen) atoms. The van der Waals surface area contributed by atoms with Crippen LogP contribution in [0.5, 0.6) is 0 Å². The fraction of sp³-hybridized carbons (Fsp3) is 0.417. The zero-order valence-corrected chi connectivity index (χ0v) is 7.92. The summed E-state index contributed by atoms with van der Waals surface area (Å²) in [4.78, 5) is 10.6. The van der Waals surface area contributed by atoms with Gasteiger partial charge < -0.3 is 4.79 Å². The van der Waals surface area contributed by atoms with E-state index in [1.807, 2.05) is 6.92 Å². The minimum Gasteiger partial charge on any atom is -0.303 e. The monoisotopic (exact) mass is 174 g/mol. The lowest BCUT2D eigenvalue weighted by atomic mass is 9.98. The zero-order chi connectivity index (χ0) is 9.26. The van der Waals surface area contributed by atoms with Crippen LogP contribution in [-0.4, -0.2) is 6.29 Å². The largest absolute Gasteiger partial charge is 0.303 e. The van der Waals surface area contributed by atoms with Crippen molar-refractivity contribution in [3.63, 3.8) is 0 Å². The van der Waals surface area contributed by atoms with E-state index >= 15 is 0 Å². The Morgan fingerprint density at radius 1 is 1.31 bits per heavy atom. The molecule has 0 aliphatic heterocycles. The Bertz CT molecular complexity index is 328. The number of hydrogen-bond donors (Lipinski definition) is 0. The van der Waals surface area contributed by atoms with Crippen LogP contribution in [0.1, 0.15) is 36.0 Å². The minimum absolute atomic E-state index is 0.0471. The molecule has 0 spiro atoms. The summed E-state index contributed by atoms with van der Waals surface area (Å²) < 4.78 is 0. The highest BCUT2D eigenvalue weighted by molar-refractivity contribution is 5.61. The lowest BCUT2D eigenvalue weighted by Gasteiger charge is -2.06. The Hall–Kier alpha value is -1.11. The molecular formula is C12H14O. The van der Waals surface area contributed by atoms with Gasteiger partial charge in [0, 0.05) is 5.92 Å². The number of rotatable bonds is 2. The second kappa shape index (κ2) is 3.33. The van der Waals surface area contributed by atoms with Gasteiger partial charge in [-0.05, 0) is 36.0 Å². The molecule has 0 amide bonds. The maximum atomic E-state index is 10.6. The van der Waals surface area contributed by atoms with Crippen molar-refractivity contribution < 1.29 is 4.79 Å². The molecule has 0 heterocycles. The van der Waals surface area contributed by atoms with E-state index < -0.39 is 0 Å². The molecule has 1 aromatic rings. The average Bonchev–Trinajstić information content (AvgIpc) is 2.63. The summed E-state index contributed by atoms with van der Waals surface area (Å²) in [7, 11) is 0. The van der Waals surface area contributed by atoms with Crippen LogP contribution in [0.4, 0.5) is 0 Å². The van der Waals surface area contributed by atoms with Crippen LogP contribution >= 0.6 is 0 Å². The topological polar surface area (TPSA) is 17.1 Å². The molecule has 0 bridgehead atoms. The third-order valence-corrected chi connectivity index (χ3v) is 2.85. The lowest BCUT2D eigenvalue weighted by molar-refractivity contribution is -0.108. The summed E-state index contributed by atoms with van der Waals surface area (Å²) >= 11 is 0. The molecule has 0 aromatic heterocycles. The summed E-state index contributed by atoms with van der Waals surface area (Å²) in [6.45, 7) is 1.95. The molecule has 1 unspecified atom stereocenters. The maximum Gasteiger partial charge on any atom is 0.127 e. The number of fused-ring (bicyclic) bond motifs is 1. The van der Waals surface area contributed by atoms with Crippen LogP contribution in [0.25, 0.3) is 0 Å². The lowest BCUT2D eigenvalue weighted by Crippen LogP contribution is -1.95. The number of aryl methyl sites for hydroxylation is 2. The molecule has 1 heteroatoms. The molecule has 1 aliphatic carbocycles. The predicted molar refractivity (Wildman–Crippen MR) is 52.9 cm³/mol. The van der Waals surface area contributed by atoms with Crippen LogP contribution in [0, 0.1) is 0 Å². The van der Waals surface area contributed by atoms with Gasteiger partial charge in [0.15, 0.2) is 0 Å². The molecule has 0 N–H and O–H groups in total. The second-order valence-electron chi connectivity index (χ2n) is 3.81. The van der Waals surface area contributed by atoms with E-state index in [4.69, 9.17) is 0 Å². The van der Waals surface area contributed by atoms with Crippen molar-refractivity contribution in [1.82, 2.24) is 0 Å². The number of hydrogen-bond acceptors (Lipinski definition) is 1. The first-order valence-corrected chi connectivity index (χ1v) is 4.88. The van der Waals surface area contributed by atoms with Gasteiger partial charge in [-0.2, -0.15) is 0 Å². The van der Waals surface area contributed by atoms with Crippen molar-refractivity contribution in [2.45, 2.75) is 32.1 Å². The van der Waals surface area contributed by atoms with Crippen molar-refractivity contribution in [3.8, 4) is 0 Å². The molecule has 68 valence electrons. The highest BCUT2D eigenvalue weighted by Gasteiger charge is 2.12. The molecule has 1 aromatic carbocycles. The van der Waals surface area contributed by atoms with E-state index in [1.165, 1.54) is 30.4 Å². The van der Waals surface area contributed by atoms with Gasteiger partial charge in [0.1, 0.15) is 6.29 Å². The van der Waals surface area contributed by atoms with Crippen molar-refractivity contribution >= 4 is 6.29 Å². The van der Waals surface area contributed by atoms with E-state index in [9.17, 15) is 4.79 Å². The first-order valence-electron chi connectivity index (χ1n) is 4.88. The van der Waals surface area contributed by atoms with Gasteiger partial charge in [-0.3, -0.25) is 0 Å². The molecule has 0 radical (unpaired) electrons. The highest BCUT2D eigenvalue weighted by atomic mass is 16.1. The molecular weight excluding hydrogens is 160 g/mol. The Kier molecular flexibility index (Phi) is 2.17. The highest BCUT2D eigenvalue weighted by Crippen LogP contribution is 2.25. The Morgan fingerprint density at radius 3 is 2.85 bits per heavy atom. The van der Waals surface area contributed by atoms with E-state index in [0.29, 0.717) is 0 Å². The molecule has 0 saturated carbocycles. The van der Waals surface area contributed by atoms with Crippen molar-refractivity contribution in [3.05, 3.63) is 34.9 Å². The molecule has 1 nitrogen and oxygen atoms in total. The van der Waals surface area contributed by atoms with E-state index in [0.717, 1.165) is 11.8 Å². The van der Waals surface area contributed by atoms with Crippen LogP contribution in [0.3, 0.4) is 0 Å². The molecule has 1 atom stereocenters. The van der Waals surface area contributed by atoms with Gasteiger partial charge in [0.2, 0.25) is 0 Å². The maximum absolute atomic E-state index is 10.6. The Balaban J connectivity index is 2.35. The zero-order valence-electron chi connectivity index (χ0n) is 7.92.